The Hall–Kier alpha value is -2.94. The highest BCUT2D eigenvalue weighted by molar-refractivity contribution is 5.91. The zero-order valence-corrected chi connectivity index (χ0v) is 28.5. The van der Waals surface area contributed by atoms with Crippen LogP contribution in [0, 0.1) is 0 Å². The van der Waals surface area contributed by atoms with Crippen LogP contribution in [0.1, 0.15) is 95.9 Å². The maximum Gasteiger partial charge on any atom is 0.407 e. The Labute approximate surface area is 261 Å². The Kier molecular flexibility index (Phi) is 17.5. The molecule has 0 heterocycles. The molecular weight excluding hydrogens is 580 g/mol. The van der Waals surface area contributed by atoms with Crippen molar-refractivity contribution in [1.29, 1.82) is 0 Å². The summed E-state index contributed by atoms with van der Waals surface area (Å²) in [7, 11) is 0. The second-order valence-corrected chi connectivity index (χ2v) is 13.4. The molecule has 2 amide bonds. The van der Waals surface area contributed by atoms with Crippen molar-refractivity contribution in [1.82, 2.24) is 10.6 Å². The minimum Gasteiger partial charge on any atom is -0.461 e. The first-order chi connectivity index (χ1) is 20.0. The van der Waals surface area contributed by atoms with Crippen molar-refractivity contribution in [3.8, 4) is 0 Å². The average Bonchev–Trinajstić information content (AvgIpc) is 2.84. The standard InChI is InChI=1S/C30H54N2O12/c1-21(19-29(9,10)43-41-27(3,4)5)39-25(35)31-15-17-37-23(33)13-14-24(34)38-18-16-32-26(36)40-22(2)20-30(11,12)44-42-28(6,7)8/h13-14,21-22H,15-20H2,1-12H3,(H,31,35)(H,32,36)/b14-13+. The Balaban J connectivity index is 4.12. The highest BCUT2D eigenvalue weighted by Gasteiger charge is 2.29. The van der Waals surface area contributed by atoms with Gasteiger partial charge < -0.3 is 29.6 Å². The smallest absolute Gasteiger partial charge is 0.407 e. The fraction of sp³-hybridized carbons (Fsp3) is 0.800. The minimum atomic E-state index is -0.807. The van der Waals surface area contributed by atoms with Gasteiger partial charge in [-0.3, -0.25) is 0 Å². The third kappa shape index (κ3) is 24.5. The van der Waals surface area contributed by atoms with Crippen LogP contribution < -0.4 is 10.6 Å². The van der Waals surface area contributed by atoms with Crippen LogP contribution >= 0.6 is 0 Å². The second-order valence-electron chi connectivity index (χ2n) is 13.4. The van der Waals surface area contributed by atoms with E-state index in [1.807, 2.05) is 69.2 Å². The summed E-state index contributed by atoms with van der Waals surface area (Å²) in [5.41, 5.74) is -2.33. The molecule has 14 heteroatoms. The summed E-state index contributed by atoms with van der Waals surface area (Å²) in [6, 6.07) is 0. The third-order valence-corrected chi connectivity index (χ3v) is 4.80. The van der Waals surface area contributed by atoms with Crippen molar-refractivity contribution in [2.24, 2.45) is 0 Å². The van der Waals surface area contributed by atoms with Crippen molar-refractivity contribution in [2.45, 2.75) is 131 Å². The molecule has 0 aliphatic heterocycles. The maximum absolute atomic E-state index is 12.0. The molecule has 2 N–H and O–H groups in total. The molecule has 0 saturated heterocycles. The molecule has 0 aliphatic rings. The molecule has 2 unspecified atom stereocenters. The summed E-state index contributed by atoms with van der Waals surface area (Å²) in [6.45, 7) is 21.6. The van der Waals surface area contributed by atoms with Crippen LogP contribution in [0.5, 0.6) is 0 Å². The van der Waals surface area contributed by atoms with Gasteiger partial charge in [-0.25, -0.2) is 38.7 Å². The van der Waals surface area contributed by atoms with E-state index in [0.29, 0.717) is 12.8 Å². The fourth-order valence-electron chi connectivity index (χ4n) is 3.30. The molecule has 0 spiro atoms. The van der Waals surface area contributed by atoms with Gasteiger partial charge in [0.05, 0.1) is 24.3 Å². The topological polar surface area (TPSA) is 166 Å². The molecule has 0 aromatic rings. The molecule has 0 aromatic carbocycles. The SMILES string of the molecule is CC(CC(C)(C)OOC(C)(C)C)OC(=O)NCCOC(=O)/C=C/C(=O)OCCNC(=O)OC(C)CC(C)(C)OOC(C)(C)C. The van der Waals surface area contributed by atoms with E-state index in [1.165, 1.54) is 0 Å². The normalized spacial score (nSPS) is 14.0. The summed E-state index contributed by atoms with van der Waals surface area (Å²) < 4.78 is 20.4. The average molecular weight is 635 g/mol. The molecule has 2 atom stereocenters. The Bertz CT molecular complexity index is 861. The van der Waals surface area contributed by atoms with Gasteiger partial charge in [-0.05, 0) is 83.1 Å². The van der Waals surface area contributed by atoms with Crippen LogP contribution in [-0.4, -0.2) is 85.0 Å². The lowest BCUT2D eigenvalue weighted by atomic mass is 10.0. The summed E-state index contributed by atoms with van der Waals surface area (Å²) >= 11 is 0. The van der Waals surface area contributed by atoms with Gasteiger partial charge >= 0.3 is 24.1 Å². The van der Waals surface area contributed by atoms with Gasteiger partial charge in [0.25, 0.3) is 0 Å². The van der Waals surface area contributed by atoms with Crippen molar-refractivity contribution in [3.05, 3.63) is 12.2 Å². The number of hydrogen-bond acceptors (Lipinski definition) is 12. The lowest BCUT2D eigenvalue weighted by Crippen LogP contribution is -2.37. The molecule has 14 nitrogen and oxygen atoms in total. The van der Waals surface area contributed by atoms with Crippen molar-refractivity contribution in [2.75, 3.05) is 26.3 Å². The van der Waals surface area contributed by atoms with Gasteiger partial charge in [-0.15, -0.1) is 0 Å². The van der Waals surface area contributed by atoms with E-state index in [-0.39, 0.29) is 26.3 Å². The molecule has 0 saturated carbocycles. The largest absolute Gasteiger partial charge is 0.461 e. The maximum atomic E-state index is 12.0. The van der Waals surface area contributed by atoms with Gasteiger partial charge in [-0.2, -0.15) is 0 Å². The molecule has 256 valence electrons. The highest BCUT2D eigenvalue weighted by Crippen LogP contribution is 2.23. The summed E-state index contributed by atoms with van der Waals surface area (Å²) in [6.07, 6.45) is 0.234. The molecule has 0 aliphatic carbocycles. The lowest BCUT2D eigenvalue weighted by Gasteiger charge is -2.30. The minimum absolute atomic E-state index is 0.00178. The molecule has 0 aromatic heterocycles. The Morgan fingerprint density at radius 2 is 0.886 bits per heavy atom. The van der Waals surface area contributed by atoms with Crippen molar-refractivity contribution in [3.63, 3.8) is 0 Å². The quantitative estimate of drug-likeness (QED) is 0.0534. The number of rotatable bonds is 18. The van der Waals surface area contributed by atoms with Crippen LogP contribution in [-0.2, 0) is 48.1 Å². The van der Waals surface area contributed by atoms with E-state index >= 15 is 0 Å². The number of amides is 2. The highest BCUT2D eigenvalue weighted by atomic mass is 17.2. The van der Waals surface area contributed by atoms with Gasteiger partial charge in [0.2, 0.25) is 0 Å². The van der Waals surface area contributed by atoms with Crippen LogP contribution in [0.25, 0.3) is 0 Å². The summed E-state index contributed by atoms with van der Waals surface area (Å²) in [5.74, 6) is -1.61. The van der Waals surface area contributed by atoms with E-state index in [9.17, 15) is 19.2 Å². The van der Waals surface area contributed by atoms with Crippen LogP contribution in [0.15, 0.2) is 12.2 Å². The zero-order valence-electron chi connectivity index (χ0n) is 28.5. The van der Waals surface area contributed by atoms with Gasteiger partial charge in [-0.1, -0.05) is 0 Å². The first-order valence-electron chi connectivity index (χ1n) is 14.6. The van der Waals surface area contributed by atoms with E-state index in [1.54, 1.807) is 13.8 Å². The summed E-state index contributed by atoms with van der Waals surface area (Å²) in [5, 5.41) is 4.94. The second kappa shape index (κ2) is 18.8. The molecule has 44 heavy (non-hydrogen) atoms. The van der Waals surface area contributed by atoms with Gasteiger partial charge in [0, 0.05) is 25.0 Å². The molecule has 0 fully saturated rings. The van der Waals surface area contributed by atoms with E-state index in [0.717, 1.165) is 12.2 Å². The Morgan fingerprint density at radius 1 is 0.568 bits per heavy atom. The molecular formula is C30H54N2O12. The Morgan fingerprint density at radius 3 is 1.18 bits per heavy atom. The monoisotopic (exact) mass is 634 g/mol. The van der Waals surface area contributed by atoms with E-state index < -0.39 is 58.7 Å². The van der Waals surface area contributed by atoms with Crippen molar-refractivity contribution >= 4 is 24.1 Å². The van der Waals surface area contributed by atoms with Crippen LogP contribution in [0.4, 0.5) is 9.59 Å². The first-order valence-corrected chi connectivity index (χ1v) is 14.6. The number of carbonyl (C=O) groups excluding carboxylic acids is 4. The van der Waals surface area contributed by atoms with E-state index in [2.05, 4.69) is 10.6 Å². The molecule has 0 radical (unpaired) electrons. The van der Waals surface area contributed by atoms with Crippen molar-refractivity contribution < 1.29 is 57.7 Å². The van der Waals surface area contributed by atoms with Crippen LogP contribution in [0.2, 0.25) is 0 Å². The molecule has 0 rings (SSSR count). The zero-order chi connectivity index (χ0) is 34.2. The third-order valence-electron chi connectivity index (χ3n) is 4.80. The number of alkyl carbamates (subject to hydrolysis) is 2. The number of hydrogen-bond donors (Lipinski definition) is 2. The van der Waals surface area contributed by atoms with Crippen LogP contribution in [0.3, 0.4) is 0 Å². The number of ether oxygens (including phenoxy) is 4. The lowest BCUT2D eigenvalue weighted by molar-refractivity contribution is -0.399. The molecule has 0 bridgehead atoms. The first kappa shape index (κ1) is 41.1. The predicted octanol–water partition coefficient (Wildman–Crippen LogP) is 4.69. The van der Waals surface area contributed by atoms with Gasteiger partial charge in [0.15, 0.2) is 0 Å². The number of nitrogens with one attached hydrogen (secondary N) is 2. The predicted molar refractivity (Wildman–Crippen MR) is 160 cm³/mol. The van der Waals surface area contributed by atoms with E-state index in [4.69, 9.17) is 38.5 Å². The van der Waals surface area contributed by atoms with Gasteiger partial charge in [0.1, 0.15) is 36.6 Å². The number of carbonyl (C=O) groups is 4. The fourth-order valence-corrected chi connectivity index (χ4v) is 3.30. The number of esters is 2. The summed E-state index contributed by atoms with van der Waals surface area (Å²) in [4.78, 5) is 69.1.